The van der Waals surface area contributed by atoms with Crippen LogP contribution in [0.25, 0.3) is 55.6 Å². The summed E-state index contributed by atoms with van der Waals surface area (Å²) in [5, 5.41) is 88.4. The first-order valence-corrected chi connectivity index (χ1v) is 44.8. The molecule has 12 rings (SSSR count). The molecule has 0 amide bonds. The van der Waals surface area contributed by atoms with E-state index in [2.05, 4.69) is 50.1 Å². The van der Waals surface area contributed by atoms with E-state index in [4.69, 9.17) is 65.6 Å². The smallest absolute Gasteiger partial charge is 0.488 e. The van der Waals surface area contributed by atoms with Crippen LogP contribution in [-0.4, -0.2) is 79.2 Å². The van der Waals surface area contributed by atoms with Gasteiger partial charge in [0.1, 0.15) is 69.4 Å². The Labute approximate surface area is 773 Å². The molecule has 12 aromatic rings. The Morgan fingerprint density at radius 3 is 0.931 bits per heavy atom. The van der Waals surface area contributed by atoms with Gasteiger partial charge in [-0.05, 0) is 250 Å². The van der Waals surface area contributed by atoms with Gasteiger partial charge in [0, 0.05) is 53.9 Å². The van der Waals surface area contributed by atoms with Gasteiger partial charge < -0.3 is 49.8 Å². The van der Waals surface area contributed by atoms with Gasteiger partial charge in [-0.15, -0.1) is 0 Å². The minimum Gasteiger partial charge on any atom is -0.508 e. The van der Waals surface area contributed by atoms with Gasteiger partial charge in [-0.3, -0.25) is 14.4 Å². The molecule has 0 heterocycles. The number of alkyl halides is 1. The first-order valence-electron chi connectivity index (χ1n) is 42.9. The summed E-state index contributed by atoms with van der Waals surface area (Å²) in [6, 6.07) is 79.9. The average molecular weight is 1900 g/mol. The summed E-state index contributed by atoms with van der Waals surface area (Å²) >= 11 is 6.34. The molecule has 0 saturated heterocycles. The van der Waals surface area contributed by atoms with Crippen molar-refractivity contribution in [2.45, 2.75) is 154 Å². The number of nitrogens with zero attached hydrogens (tertiary/aromatic N) is 3. The number of ether oxygens (including phenoxy) is 3. The molecular formula is C105H106BBr2F6N3O13. The largest absolute Gasteiger partial charge is 0.508 e. The number of unbranched alkanes of at least 4 members (excludes halogenated alkanes) is 18. The second kappa shape index (κ2) is 61.5. The minimum atomic E-state index is -1.51. The molecule has 678 valence electrons. The molecule has 0 saturated carbocycles. The van der Waals surface area contributed by atoms with E-state index in [1.807, 2.05) is 121 Å². The second-order valence-corrected chi connectivity index (χ2v) is 31.5. The van der Waals surface area contributed by atoms with Crippen molar-refractivity contribution in [3.8, 4) is 108 Å². The zero-order valence-corrected chi connectivity index (χ0v) is 75.3. The Hall–Kier alpha value is -13.0. The van der Waals surface area contributed by atoms with Crippen LogP contribution < -0.4 is 19.7 Å². The van der Waals surface area contributed by atoms with Crippen molar-refractivity contribution in [2.24, 2.45) is 0 Å². The van der Waals surface area contributed by atoms with Gasteiger partial charge in [0.2, 0.25) is 0 Å². The average Bonchev–Trinajstić information content (AvgIpc) is 0.841. The second-order valence-electron chi connectivity index (χ2n) is 29.8. The van der Waals surface area contributed by atoms with Gasteiger partial charge >= 0.3 is 25.0 Å². The number of aromatic hydroxyl groups is 3. The van der Waals surface area contributed by atoms with Crippen LogP contribution in [-0.2, 0) is 14.4 Å². The lowest BCUT2D eigenvalue weighted by atomic mass is 9.80. The molecule has 0 spiro atoms. The van der Waals surface area contributed by atoms with Gasteiger partial charge in [0.05, 0.1) is 52.6 Å². The van der Waals surface area contributed by atoms with Crippen molar-refractivity contribution in [3.05, 3.63) is 329 Å². The lowest BCUT2D eigenvalue weighted by Gasteiger charge is -2.08. The van der Waals surface area contributed by atoms with Crippen molar-refractivity contribution >= 4 is 62.3 Å². The van der Waals surface area contributed by atoms with Crippen molar-refractivity contribution in [2.75, 3.05) is 18.5 Å². The fourth-order valence-corrected chi connectivity index (χ4v) is 13.2. The first kappa shape index (κ1) is 106. The van der Waals surface area contributed by atoms with Crippen LogP contribution in [0, 0.1) is 68.9 Å². The first-order chi connectivity index (χ1) is 62.8. The summed E-state index contributed by atoms with van der Waals surface area (Å²) in [7, 11) is -1.51. The third kappa shape index (κ3) is 43.2. The highest BCUT2D eigenvalue weighted by molar-refractivity contribution is 9.10. The van der Waals surface area contributed by atoms with Gasteiger partial charge in [0.25, 0.3) is 0 Å². The molecule has 0 aliphatic rings. The number of nitriles is 3. The fraction of sp³-hybridized carbons (Fsp3) is 0.257. The molecule has 7 N–H and O–H groups in total. The van der Waals surface area contributed by atoms with Gasteiger partial charge in [-0.2, -0.15) is 15.8 Å². The molecule has 16 nitrogen and oxygen atoms in total. The minimum absolute atomic E-state index is 0.0595. The van der Waals surface area contributed by atoms with Crippen LogP contribution in [0.2, 0.25) is 0 Å². The molecule has 0 aliphatic heterocycles. The van der Waals surface area contributed by atoms with Crippen molar-refractivity contribution in [1.29, 1.82) is 15.8 Å². The number of carbonyl (C=O) groups is 3. The Kier molecular flexibility index (Phi) is 50.1. The zero-order valence-electron chi connectivity index (χ0n) is 72.1. The molecule has 0 unspecified atom stereocenters. The number of hydrogen-bond donors (Lipinski definition) is 7. The highest BCUT2D eigenvalue weighted by atomic mass is 79.9. The number of carboxylic acids is 2. The van der Waals surface area contributed by atoms with Gasteiger partial charge in [-0.1, -0.05) is 221 Å². The van der Waals surface area contributed by atoms with Crippen LogP contribution in [0.1, 0.15) is 171 Å². The number of esters is 1. The highest BCUT2D eigenvalue weighted by Gasteiger charge is 2.14. The van der Waals surface area contributed by atoms with E-state index in [1.165, 1.54) is 154 Å². The molecule has 0 bridgehead atoms. The van der Waals surface area contributed by atoms with Crippen LogP contribution in [0.5, 0.6) is 34.5 Å². The molecule has 0 aliphatic carbocycles. The van der Waals surface area contributed by atoms with Crippen molar-refractivity contribution in [3.63, 3.8) is 0 Å². The SMILES string of the molecule is N#Cc1ccc(-c2ccc(O)cc2)cc1.N#Cc1ccc(-c2ccc(OCCCCCCCCCC(=O)O)cc2)cc1.N#Cc1ccc(-c2ccc(OCCCCCCCCCC(=O)Oc3ccc(-c4ccc(F)cc4)c(F)c3)cc2)cc1.O=C(O)CCCCCCCCCBr.OB(O)c1ccc(F)cc1.Oc1ccc(-c2ccc(F)cc2)c(F)c1.Oc1ccc(Br)c(F)c1. The Balaban J connectivity index is 0.000000252. The maximum atomic E-state index is 14.5. The number of rotatable bonds is 38. The summed E-state index contributed by atoms with van der Waals surface area (Å²) in [5.74, 6) is -2.40. The Bertz CT molecular complexity index is 5440. The molecular weight excluding hydrogens is 1800 g/mol. The van der Waals surface area contributed by atoms with E-state index in [0.717, 1.165) is 159 Å². The fourth-order valence-electron chi connectivity index (χ4n) is 12.6. The van der Waals surface area contributed by atoms with Crippen LogP contribution in [0.15, 0.2) is 277 Å². The van der Waals surface area contributed by atoms with Crippen LogP contribution in [0.4, 0.5) is 26.3 Å². The monoisotopic (exact) mass is 1900 g/mol. The number of aliphatic carboxylic acids is 2. The standard InChI is InChI=1S/C35H33F2NO3.C23H27NO3.C13H9NO.C12H8F2O.C10H19BrO2.C6H6BFO2.C6H4BrFO/c36-30-17-13-29(14-18-30)33-22-21-32(24-34(33)37)41-35(39)8-6-4-2-1-3-5-7-23-40-31-19-15-28(16-20-31)27-11-9-26(25-38)10-12-27;24-18-19-9-11-20(12-10-19)21-13-15-22(16-14-21)27-17-7-5-3-1-2-4-6-8-23(25)26;14-9-10-1-3-11(4-2-10)12-5-7-13(15)8-6-12;13-9-3-1-8(2-4-9)11-6-5-10(15)7-12(11)14;11-9-7-5-3-1-2-4-6-8-10(12)13;8-6-3-1-5(2-4-6)7(9)10;7-5-2-1-4(9)3-6(5)8/h9-22,24H,1-8,23H2;9-16H,1-8,17H2,(H,25,26);1-8,15H;1-7,15H;1-9H2,(H,12,13);1-4,9-10H;1-3,9H. The number of benzene rings is 12. The normalized spacial score (nSPS) is 10.2. The van der Waals surface area contributed by atoms with E-state index in [-0.39, 0.29) is 52.8 Å². The maximum absolute atomic E-state index is 14.5. The summed E-state index contributed by atoms with van der Waals surface area (Å²) < 4.78 is 95.5. The summed E-state index contributed by atoms with van der Waals surface area (Å²) in [5.41, 5.74) is 10.5. The van der Waals surface area contributed by atoms with E-state index >= 15 is 0 Å². The molecule has 130 heavy (non-hydrogen) atoms. The topological polar surface area (TPSA) is 292 Å². The lowest BCUT2D eigenvalue weighted by Crippen LogP contribution is -2.29. The van der Waals surface area contributed by atoms with Crippen molar-refractivity contribution < 1.29 is 90.5 Å². The molecule has 0 atom stereocenters. The Morgan fingerprint density at radius 1 is 0.315 bits per heavy atom. The van der Waals surface area contributed by atoms with E-state index in [0.29, 0.717) is 68.3 Å². The number of phenolic OH excluding ortho intramolecular Hbond substituents is 3. The molecule has 0 fully saturated rings. The predicted molar refractivity (Wildman–Crippen MR) is 505 cm³/mol. The number of halogens is 8. The Morgan fingerprint density at radius 2 is 0.600 bits per heavy atom. The third-order valence-corrected chi connectivity index (χ3v) is 21.0. The molecule has 0 radical (unpaired) electrons. The summed E-state index contributed by atoms with van der Waals surface area (Å²) in [6.45, 7) is 1.39. The number of phenols is 3. The molecule has 0 aromatic heterocycles. The highest BCUT2D eigenvalue weighted by Crippen LogP contribution is 2.31. The lowest BCUT2D eigenvalue weighted by molar-refractivity contribution is -0.138. The summed E-state index contributed by atoms with van der Waals surface area (Å²) in [6.07, 6.45) is 23.6. The van der Waals surface area contributed by atoms with Gasteiger partial charge in [-0.25, -0.2) is 26.3 Å². The van der Waals surface area contributed by atoms with Crippen LogP contribution >= 0.6 is 31.9 Å². The third-order valence-electron chi connectivity index (χ3n) is 19.7. The predicted octanol–water partition coefficient (Wildman–Crippen LogP) is 26.7. The number of carbonyl (C=O) groups excluding carboxylic acids is 1. The molecule has 25 heteroatoms. The van der Waals surface area contributed by atoms with E-state index in [1.54, 1.807) is 30.3 Å². The van der Waals surface area contributed by atoms with Gasteiger partial charge in [0.15, 0.2) is 0 Å². The van der Waals surface area contributed by atoms with E-state index < -0.39 is 36.5 Å². The van der Waals surface area contributed by atoms with E-state index in [9.17, 15) is 40.7 Å². The maximum Gasteiger partial charge on any atom is 0.488 e. The zero-order chi connectivity index (χ0) is 94.1. The molecule has 12 aromatic carbocycles. The van der Waals surface area contributed by atoms with Crippen molar-refractivity contribution in [1.82, 2.24) is 0 Å². The quantitative estimate of drug-likeness (QED) is 0.00473. The number of hydrogen-bond acceptors (Lipinski definition) is 14. The van der Waals surface area contributed by atoms with Crippen LogP contribution in [0.3, 0.4) is 0 Å². The summed E-state index contributed by atoms with van der Waals surface area (Å²) in [4.78, 5) is 32.7. The number of carboxylic acid groups (broad SMARTS) is 2.